The van der Waals surface area contributed by atoms with Crippen molar-refractivity contribution in [1.82, 2.24) is 0 Å². The van der Waals surface area contributed by atoms with Crippen LogP contribution < -0.4 is 0 Å². The number of hydrogen-bond donors (Lipinski definition) is 0. The quantitative estimate of drug-likeness (QED) is 0.457. The van der Waals surface area contributed by atoms with Crippen LogP contribution in [0.3, 0.4) is 0 Å². The highest BCUT2D eigenvalue weighted by Crippen LogP contribution is 2.81. The maximum Gasteiger partial charge on any atom is 0.312 e. The molecule has 5 aliphatic rings. The Bertz CT molecular complexity index is 440. The summed E-state index contributed by atoms with van der Waals surface area (Å²) < 4.78 is 5.46. The lowest BCUT2D eigenvalue weighted by atomic mass is 9.77. The minimum atomic E-state index is -0.0175. The second kappa shape index (κ2) is 2.12. The van der Waals surface area contributed by atoms with E-state index in [2.05, 4.69) is 6.58 Å². The van der Waals surface area contributed by atoms with E-state index in [1.165, 1.54) is 18.4 Å². The van der Waals surface area contributed by atoms with Crippen molar-refractivity contribution in [2.75, 3.05) is 6.61 Å². The highest BCUT2D eigenvalue weighted by Gasteiger charge is 2.81. The summed E-state index contributed by atoms with van der Waals surface area (Å²) >= 11 is 0. The average molecular weight is 216 g/mol. The molecule has 0 aromatic heterocycles. The molecular weight excluding hydrogens is 200 g/mol. The Labute approximate surface area is 95.0 Å². The van der Waals surface area contributed by atoms with Crippen molar-refractivity contribution in [3.05, 3.63) is 12.2 Å². The van der Waals surface area contributed by atoms with Gasteiger partial charge in [-0.3, -0.25) is 4.79 Å². The van der Waals surface area contributed by atoms with E-state index in [0.717, 1.165) is 18.3 Å². The topological polar surface area (TPSA) is 26.3 Å². The molecule has 0 radical (unpaired) electrons. The number of esters is 1. The standard InChI is InChI=1S/C14H16O2/c1-6-2-7-3-8-5-16-13(15)14-4-9(14)10(6)11(7)12(8)14/h7-12H,1-5H2/t7-,8-,9-,10+,11+,12+,14+/m1/s1. The summed E-state index contributed by atoms with van der Waals surface area (Å²) in [6.07, 6.45) is 3.65. The van der Waals surface area contributed by atoms with Gasteiger partial charge in [0, 0.05) is 0 Å². The number of ether oxygens (including phenoxy) is 1. The first-order chi connectivity index (χ1) is 7.73. The number of allylic oxidation sites excluding steroid dienone is 1. The molecule has 2 nitrogen and oxygen atoms in total. The van der Waals surface area contributed by atoms with Crippen molar-refractivity contribution in [3.63, 3.8) is 0 Å². The lowest BCUT2D eigenvalue weighted by Gasteiger charge is -2.33. The second-order valence-electron chi connectivity index (χ2n) is 6.70. The second-order valence-corrected chi connectivity index (χ2v) is 6.70. The zero-order valence-corrected chi connectivity index (χ0v) is 9.32. The molecular formula is C14H16O2. The number of cyclic esters (lactones) is 1. The molecule has 0 bridgehead atoms. The van der Waals surface area contributed by atoms with Crippen LogP contribution in [0.5, 0.6) is 0 Å². The Morgan fingerprint density at radius 3 is 3.12 bits per heavy atom. The third-order valence-electron chi connectivity index (χ3n) is 6.38. The molecule has 7 atom stereocenters. The van der Waals surface area contributed by atoms with Gasteiger partial charge in [0.25, 0.3) is 0 Å². The van der Waals surface area contributed by atoms with Crippen LogP contribution in [0.2, 0.25) is 0 Å². The summed E-state index contributed by atoms with van der Waals surface area (Å²) in [6.45, 7) is 4.99. The normalized spacial score (nSPS) is 64.2. The lowest BCUT2D eigenvalue weighted by molar-refractivity contribution is -0.163. The molecule has 1 heterocycles. The van der Waals surface area contributed by atoms with Gasteiger partial charge in [-0.05, 0) is 54.8 Å². The molecule has 16 heavy (non-hydrogen) atoms. The molecule has 84 valence electrons. The van der Waals surface area contributed by atoms with Gasteiger partial charge in [0.2, 0.25) is 0 Å². The van der Waals surface area contributed by atoms with Crippen LogP contribution in [0.25, 0.3) is 0 Å². The van der Waals surface area contributed by atoms with Gasteiger partial charge in [0.1, 0.15) is 0 Å². The molecule has 5 rings (SSSR count). The number of fused-ring (bicyclic) bond motifs is 1. The van der Waals surface area contributed by atoms with E-state index >= 15 is 0 Å². The number of rotatable bonds is 0. The summed E-state index contributed by atoms with van der Waals surface area (Å²) in [4.78, 5) is 12.1. The van der Waals surface area contributed by atoms with Gasteiger partial charge < -0.3 is 4.74 Å². The van der Waals surface area contributed by atoms with E-state index in [-0.39, 0.29) is 11.4 Å². The summed E-state index contributed by atoms with van der Waals surface area (Å²) in [7, 11) is 0. The summed E-state index contributed by atoms with van der Waals surface area (Å²) in [6, 6.07) is 0. The molecule has 0 aromatic rings. The van der Waals surface area contributed by atoms with Gasteiger partial charge in [0.15, 0.2) is 0 Å². The van der Waals surface area contributed by atoms with Crippen molar-refractivity contribution in [3.8, 4) is 0 Å². The number of carbonyl (C=O) groups excluding carboxylic acids is 1. The average Bonchev–Trinajstić information content (AvgIpc) is 2.60. The maximum atomic E-state index is 12.1. The fourth-order valence-electron chi connectivity index (χ4n) is 6.09. The maximum absolute atomic E-state index is 12.1. The SMILES string of the molecule is C=C1C[C@@H]2C[C@@H]3COC(=O)[C@@]45C[C@@H]4[C@H]1[C@H]2[C@H]35. The zero-order valence-electron chi connectivity index (χ0n) is 9.32. The third kappa shape index (κ3) is 0.602. The van der Waals surface area contributed by atoms with E-state index < -0.39 is 0 Å². The lowest BCUT2D eigenvalue weighted by Crippen LogP contribution is -2.39. The molecule has 0 unspecified atom stereocenters. The van der Waals surface area contributed by atoms with Gasteiger partial charge in [-0.15, -0.1) is 0 Å². The first-order valence-corrected chi connectivity index (χ1v) is 6.58. The van der Waals surface area contributed by atoms with Crippen LogP contribution >= 0.6 is 0 Å². The Kier molecular flexibility index (Phi) is 1.10. The van der Waals surface area contributed by atoms with Crippen LogP contribution in [0.1, 0.15) is 19.3 Å². The molecule has 4 aliphatic carbocycles. The van der Waals surface area contributed by atoms with Crippen molar-refractivity contribution in [2.24, 2.45) is 40.9 Å². The van der Waals surface area contributed by atoms with E-state index in [4.69, 9.17) is 4.74 Å². The Morgan fingerprint density at radius 1 is 1.38 bits per heavy atom. The van der Waals surface area contributed by atoms with Crippen LogP contribution in [0.4, 0.5) is 0 Å². The first kappa shape index (κ1) is 8.32. The van der Waals surface area contributed by atoms with E-state index in [0.29, 0.717) is 30.3 Å². The molecule has 0 N–H and O–H groups in total. The third-order valence-corrected chi connectivity index (χ3v) is 6.38. The summed E-state index contributed by atoms with van der Waals surface area (Å²) in [5, 5.41) is 0. The molecule has 5 fully saturated rings. The fourth-order valence-corrected chi connectivity index (χ4v) is 6.09. The van der Waals surface area contributed by atoms with Crippen molar-refractivity contribution in [2.45, 2.75) is 19.3 Å². The minimum absolute atomic E-state index is 0.0175. The number of hydrogen-bond acceptors (Lipinski definition) is 2. The van der Waals surface area contributed by atoms with Gasteiger partial charge in [-0.2, -0.15) is 0 Å². The molecule has 1 aliphatic heterocycles. The van der Waals surface area contributed by atoms with Crippen LogP contribution in [-0.2, 0) is 9.53 Å². The summed E-state index contributed by atoms with van der Waals surface area (Å²) in [5.74, 6) is 4.46. The molecule has 2 heteroatoms. The van der Waals surface area contributed by atoms with E-state index in [1.807, 2.05) is 0 Å². The van der Waals surface area contributed by atoms with E-state index in [1.54, 1.807) is 0 Å². The predicted molar refractivity (Wildman–Crippen MR) is 57.3 cm³/mol. The van der Waals surface area contributed by atoms with Gasteiger partial charge in [-0.25, -0.2) is 0 Å². The highest BCUT2D eigenvalue weighted by molar-refractivity contribution is 5.83. The van der Waals surface area contributed by atoms with Gasteiger partial charge in [-0.1, -0.05) is 12.2 Å². The van der Waals surface area contributed by atoms with E-state index in [9.17, 15) is 4.79 Å². The molecule has 4 saturated carbocycles. The van der Waals surface area contributed by atoms with Crippen molar-refractivity contribution < 1.29 is 9.53 Å². The Morgan fingerprint density at radius 2 is 2.25 bits per heavy atom. The smallest absolute Gasteiger partial charge is 0.312 e. The predicted octanol–water partition coefficient (Wildman–Crippen LogP) is 2.01. The minimum Gasteiger partial charge on any atom is -0.465 e. The van der Waals surface area contributed by atoms with Crippen molar-refractivity contribution >= 4 is 5.97 Å². The monoisotopic (exact) mass is 216 g/mol. The van der Waals surface area contributed by atoms with Crippen LogP contribution in [-0.4, -0.2) is 12.6 Å². The van der Waals surface area contributed by atoms with Gasteiger partial charge in [0.05, 0.1) is 12.0 Å². The van der Waals surface area contributed by atoms with Crippen molar-refractivity contribution in [1.29, 1.82) is 0 Å². The van der Waals surface area contributed by atoms with Crippen LogP contribution in [0, 0.1) is 40.9 Å². The summed E-state index contributed by atoms with van der Waals surface area (Å²) in [5.41, 5.74) is 1.44. The molecule has 0 amide bonds. The Hall–Kier alpha value is -0.790. The molecule has 1 saturated heterocycles. The highest BCUT2D eigenvalue weighted by atomic mass is 16.5. The van der Waals surface area contributed by atoms with Crippen LogP contribution in [0.15, 0.2) is 12.2 Å². The zero-order chi connectivity index (χ0) is 10.7. The largest absolute Gasteiger partial charge is 0.465 e. The Balaban J connectivity index is 1.72. The fraction of sp³-hybridized carbons (Fsp3) is 0.786. The van der Waals surface area contributed by atoms with Gasteiger partial charge >= 0.3 is 5.97 Å². The molecule has 0 aromatic carbocycles. The first-order valence-electron chi connectivity index (χ1n) is 6.58. The number of carbonyl (C=O) groups is 1. The molecule has 1 spiro atoms.